The second-order valence-corrected chi connectivity index (χ2v) is 41.0. The summed E-state index contributed by atoms with van der Waals surface area (Å²) in [6.07, 6.45) is 23.5. The van der Waals surface area contributed by atoms with Crippen molar-refractivity contribution in [2.24, 2.45) is 9.98 Å². The zero-order chi connectivity index (χ0) is 90.6. The fourth-order valence-electron chi connectivity index (χ4n) is 19.0. The molecule has 7 aliphatic heterocycles. The van der Waals surface area contributed by atoms with Crippen LogP contribution >= 0.6 is 139 Å². The highest BCUT2D eigenvalue weighted by molar-refractivity contribution is 7.13. The molecule has 16 heterocycles. The molecule has 17 nitrogen and oxygen atoms in total. The number of fused-ring (bicyclic) bond motifs is 8. The molecule has 0 radical (unpaired) electrons. The first-order valence-corrected chi connectivity index (χ1v) is 50.9. The van der Waals surface area contributed by atoms with Crippen molar-refractivity contribution < 1.29 is 13.2 Å². The SMILES string of the molecule is Cc1cc(-c2nc3nsc(N4CCCCC4C)c3cc2Cl)c2ccccc2c1.Cc1ccc2c(c1-c1c(Cl)cc3c(N4CCCCC4)snc3c1F)C=NC2.Cc1ccc2c(c1-c1nc3nsc(N4CCCCC4C)c3cc1Cl)C=NC2.Fc1c(-c2ncccc2Cl)c(Cl)cc2c(N3CCCCC3)snc12.Nc1ccc(Cl)c(-c2c(Cl)cc3c(N4CCCCC4)snc3c2F)n1. The first-order valence-electron chi connectivity index (χ1n) is 44.4. The van der Waals surface area contributed by atoms with Crippen molar-refractivity contribution in [1.82, 2.24) is 41.8 Å². The summed E-state index contributed by atoms with van der Waals surface area (Å²) in [5.41, 5.74) is 22.2. The van der Waals surface area contributed by atoms with Crippen molar-refractivity contribution in [2.75, 3.05) is 82.6 Å². The van der Waals surface area contributed by atoms with Gasteiger partial charge in [0.1, 0.15) is 47.4 Å². The van der Waals surface area contributed by atoms with E-state index < -0.39 is 11.6 Å². The van der Waals surface area contributed by atoms with Crippen LogP contribution in [0.1, 0.15) is 149 Å². The number of aryl methyl sites for hydroxylation is 3. The molecule has 16 aromatic rings. The minimum atomic E-state index is -0.512. The van der Waals surface area contributed by atoms with Gasteiger partial charge in [-0.05, 0) is 293 Å². The van der Waals surface area contributed by atoms with Crippen molar-refractivity contribution in [2.45, 2.75) is 156 Å². The number of aliphatic imine (C=N–C) groups is 2. The molecule has 0 amide bonds. The van der Waals surface area contributed by atoms with Gasteiger partial charge in [0.2, 0.25) is 0 Å². The molecular formula is C99H91Cl7F3N17S5. The maximum absolute atomic E-state index is 15.6. The van der Waals surface area contributed by atoms with Gasteiger partial charge in [-0.1, -0.05) is 136 Å². The number of rotatable bonds is 10. The number of piperidine rings is 5. The first kappa shape index (κ1) is 91.0. The monoisotopic (exact) mass is 1980 g/mol. The maximum Gasteiger partial charge on any atom is 0.175 e. The van der Waals surface area contributed by atoms with E-state index in [1.54, 1.807) is 65.7 Å². The summed E-state index contributed by atoms with van der Waals surface area (Å²) < 4.78 is 68.5. The Morgan fingerprint density at radius 1 is 0.366 bits per heavy atom. The Labute approximate surface area is 813 Å². The van der Waals surface area contributed by atoms with E-state index in [9.17, 15) is 0 Å². The van der Waals surface area contributed by atoms with Crippen molar-refractivity contribution in [1.29, 1.82) is 0 Å². The fraction of sp³-hybridized carbons (Fsp3) is 0.323. The van der Waals surface area contributed by atoms with Crippen LogP contribution in [0.4, 0.5) is 44.0 Å². The lowest BCUT2D eigenvalue weighted by atomic mass is 9.92. The highest BCUT2D eigenvalue weighted by Crippen LogP contribution is 2.50. The average Bonchev–Trinajstić information content (AvgIpc) is 1.62. The molecule has 672 valence electrons. The van der Waals surface area contributed by atoms with Gasteiger partial charge in [-0.2, -0.15) is 21.9 Å². The van der Waals surface area contributed by atoms with Gasteiger partial charge in [0, 0.05) is 127 Å². The zero-order valence-corrected chi connectivity index (χ0v) is 82.0. The van der Waals surface area contributed by atoms with E-state index in [4.69, 9.17) is 96.9 Å². The maximum atomic E-state index is 15.6. The highest BCUT2D eigenvalue weighted by Gasteiger charge is 2.33. The molecule has 9 aromatic heterocycles. The normalized spacial score (nSPS) is 16.7. The number of hydrogen-bond acceptors (Lipinski definition) is 22. The van der Waals surface area contributed by atoms with Crippen LogP contribution < -0.4 is 30.2 Å². The van der Waals surface area contributed by atoms with Crippen molar-refractivity contribution in [3.8, 4) is 56.2 Å². The van der Waals surface area contributed by atoms with E-state index in [1.807, 2.05) is 31.5 Å². The van der Waals surface area contributed by atoms with Crippen LogP contribution in [0.25, 0.3) is 122 Å². The number of hydrogen-bond donors (Lipinski definition) is 1. The quantitative estimate of drug-likeness (QED) is 0.136. The third-order valence-electron chi connectivity index (χ3n) is 25.7. The van der Waals surface area contributed by atoms with Crippen molar-refractivity contribution >= 4 is 248 Å². The molecule has 5 saturated heterocycles. The van der Waals surface area contributed by atoms with E-state index in [2.05, 4.69) is 161 Å². The first-order chi connectivity index (χ1) is 63.6. The Morgan fingerprint density at radius 3 is 1.31 bits per heavy atom. The van der Waals surface area contributed by atoms with E-state index in [0.29, 0.717) is 76.6 Å². The highest BCUT2D eigenvalue weighted by atomic mass is 35.5. The Kier molecular flexibility index (Phi) is 27.4. The lowest BCUT2D eigenvalue weighted by Crippen LogP contribution is -2.36. The van der Waals surface area contributed by atoms with Crippen molar-refractivity contribution in [3.05, 3.63) is 213 Å². The molecule has 131 heavy (non-hydrogen) atoms. The van der Waals surface area contributed by atoms with Crippen LogP contribution in [-0.4, -0.2) is 119 Å². The smallest absolute Gasteiger partial charge is 0.175 e. The summed E-state index contributed by atoms with van der Waals surface area (Å²) >= 11 is 52.5. The molecule has 23 rings (SSSR count). The largest absolute Gasteiger partial charge is 0.384 e. The van der Waals surface area contributed by atoms with Crippen LogP contribution in [0.2, 0.25) is 35.2 Å². The van der Waals surface area contributed by atoms with Gasteiger partial charge >= 0.3 is 0 Å². The van der Waals surface area contributed by atoms with E-state index in [-0.39, 0.29) is 33.5 Å². The Morgan fingerprint density at radius 2 is 0.794 bits per heavy atom. The third-order valence-corrected chi connectivity index (χ3v) is 32.3. The van der Waals surface area contributed by atoms with Gasteiger partial charge in [-0.15, -0.1) is 0 Å². The average molecular weight is 1980 g/mol. The predicted octanol–water partition coefficient (Wildman–Crippen LogP) is 29.6. The van der Waals surface area contributed by atoms with Crippen LogP contribution in [0.5, 0.6) is 0 Å². The zero-order valence-electron chi connectivity index (χ0n) is 72.6. The van der Waals surface area contributed by atoms with Gasteiger partial charge in [0.25, 0.3) is 0 Å². The molecule has 0 spiro atoms. The number of halogens is 10. The standard InChI is InChI=1S/C23H22ClN3S.C21H19ClFN3S.C21H21ClN4S.C17H15Cl2FN4S.C17H14Cl2FN3S/c1-14-11-16-8-3-4-9-17(16)18(12-14)21-20(24)13-19-22(25-21)26-28-23(19)27-10-6-5-7-15(27)2;1-12-5-6-13-10-24-11-15(13)17(12)18-16(22)9-14-20(19(18)23)25-27-21(14)26-7-3-2-4-8-26;1-12-6-7-14-10-23-11-16(14)18(12)19-17(22)9-15-20(24-19)25-27-21(15)26-8-4-3-5-13(26)2;18-10-4-5-12(21)22-16(10)13-11(19)8-9-15(14(13)20)23-25-17(9)24-6-2-1-3-7-24;18-11-5-4-6-21-16(11)13-12(19)9-10-15(14(13)20)22-24-17(10)23-7-2-1-3-8-23/h3-4,8-9,11-13,15H,5-7,10H2,1-2H3;5-6,9,11H,2-4,7-8,10H2,1H3;6-7,9,11,13H,3-5,8,10H2,1-2H3;4-5,8H,1-3,6-7H2,(H2,21,22);4-6,9H,1-3,7-8H2. The number of pyridine rings is 4. The number of nitrogen functional groups attached to an aromatic ring is 1. The number of nitrogens with zero attached hydrogens (tertiary/aromatic N) is 16. The Bertz CT molecular complexity index is 7140. The Hall–Kier alpha value is -9.19. The molecule has 32 heteroatoms. The number of anilines is 6. The van der Waals surface area contributed by atoms with Crippen LogP contribution in [-0.2, 0) is 13.1 Å². The summed E-state index contributed by atoms with van der Waals surface area (Å²) in [4.78, 5) is 38.7. The molecule has 0 saturated carbocycles. The molecule has 5 fully saturated rings. The van der Waals surface area contributed by atoms with Crippen LogP contribution in [0.3, 0.4) is 0 Å². The van der Waals surface area contributed by atoms with Gasteiger partial charge in [-0.25, -0.2) is 28.1 Å². The van der Waals surface area contributed by atoms with Gasteiger partial charge < -0.3 is 30.2 Å². The molecule has 7 aromatic carbocycles. The summed E-state index contributed by atoms with van der Waals surface area (Å²) in [6.45, 7) is 20.2. The number of benzene rings is 7. The Balaban J connectivity index is 0.000000106. The summed E-state index contributed by atoms with van der Waals surface area (Å²) in [6, 6.07) is 38.3. The number of aromatic nitrogens is 9. The summed E-state index contributed by atoms with van der Waals surface area (Å²) in [5.74, 6) is -1.05. The van der Waals surface area contributed by atoms with Gasteiger partial charge in [-0.3, -0.25) is 15.0 Å². The summed E-state index contributed by atoms with van der Waals surface area (Å²) in [7, 11) is 0. The van der Waals surface area contributed by atoms with E-state index in [1.165, 1.54) is 137 Å². The van der Waals surface area contributed by atoms with Crippen LogP contribution in [0.15, 0.2) is 131 Å². The molecule has 2 atom stereocenters. The minimum absolute atomic E-state index is 0.141. The third kappa shape index (κ3) is 18.1. The number of nitrogens with two attached hydrogens (primary N) is 1. The minimum Gasteiger partial charge on any atom is -0.384 e. The van der Waals surface area contributed by atoms with Gasteiger partial charge in [0.05, 0.1) is 92.9 Å². The molecule has 0 bridgehead atoms. The molecular weight excluding hydrogens is 1890 g/mol. The topological polar surface area (TPSA) is 183 Å². The summed E-state index contributed by atoms with van der Waals surface area (Å²) in [5, 5.41) is 15.3. The van der Waals surface area contributed by atoms with E-state index >= 15 is 13.2 Å². The van der Waals surface area contributed by atoms with Gasteiger partial charge in [0.15, 0.2) is 28.7 Å². The lowest BCUT2D eigenvalue weighted by Gasteiger charge is -2.34. The second kappa shape index (κ2) is 39.4. The molecule has 0 aliphatic carbocycles. The molecule has 2 N–H and O–H groups in total. The lowest BCUT2D eigenvalue weighted by molar-refractivity contribution is 0.488. The fourth-order valence-corrected chi connectivity index (χ4v) is 25.3. The molecule has 2 unspecified atom stereocenters. The molecule has 7 aliphatic rings. The van der Waals surface area contributed by atoms with Crippen LogP contribution in [0, 0.1) is 38.2 Å². The predicted molar refractivity (Wildman–Crippen MR) is 550 cm³/mol. The van der Waals surface area contributed by atoms with Crippen molar-refractivity contribution in [3.63, 3.8) is 0 Å². The van der Waals surface area contributed by atoms with E-state index in [0.717, 1.165) is 194 Å². The second-order valence-electron chi connectivity index (χ2n) is 34.4.